The molecule has 0 bridgehead atoms. The minimum absolute atomic E-state index is 0.227. The van der Waals surface area contributed by atoms with Crippen LogP contribution in [0, 0.1) is 12.7 Å². The molecule has 1 aliphatic heterocycles. The van der Waals surface area contributed by atoms with E-state index in [0.717, 1.165) is 44.2 Å². The third kappa shape index (κ3) is 3.61. The van der Waals surface area contributed by atoms with Crippen LogP contribution in [0.25, 0.3) is 0 Å². The average molecular weight is 289 g/mol. The molecule has 21 heavy (non-hydrogen) atoms. The van der Waals surface area contributed by atoms with E-state index in [1.807, 2.05) is 19.3 Å². The van der Waals surface area contributed by atoms with Crippen LogP contribution in [0.1, 0.15) is 12.2 Å². The molecule has 2 heterocycles. The Labute approximate surface area is 124 Å². The fraction of sp³-hybridized carbons (Fsp3) is 0.438. The van der Waals surface area contributed by atoms with Gasteiger partial charge >= 0.3 is 0 Å². The van der Waals surface area contributed by atoms with Gasteiger partial charge in [-0.15, -0.1) is 0 Å². The predicted octanol–water partition coefficient (Wildman–Crippen LogP) is 2.48. The van der Waals surface area contributed by atoms with Crippen molar-refractivity contribution in [1.29, 1.82) is 0 Å². The molecular formula is C16H20FN3O. The summed E-state index contributed by atoms with van der Waals surface area (Å²) in [4.78, 5) is 6.59. The molecular weight excluding hydrogens is 269 g/mol. The highest BCUT2D eigenvalue weighted by Crippen LogP contribution is 2.18. The van der Waals surface area contributed by atoms with Gasteiger partial charge in [0.2, 0.25) is 0 Å². The van der Waals surface area contributed by atoms with E-state index in [2.05, 4.69) is 14.5 Å². The first-order chi connectivity index (χ1) is 10.2. The zero-order valence-corrected chi connectivity index (χ0v) is 12.2. The van der Waals surface area contributed by atoms with Crippen molar-refractivity contribution in [3.05, 3.63) is 48.3 Å². The molecule has 1 saturated heterocycles. The number of benzene rings is 1. The molecule has 1 aliphatic rings. The van der Waals surface area contributed by atoms with Crippen molar-refractivity contribution in [1.82, 2.24) is 14.5 Å². The van der Waals surface area contributed by atoms with Gasteiger partial charge < -0.3 is 9.30 Å². The van der Waals surface area contributed by atoms with Crippen molar-refractivity contribution >= 4 is 0 Å². The maximum Gasteiger partial charge on any atom is 0.124 e. The minimum Gasteiger partial charge on any atom is -0.488 e. The minimum atomic E-state index is -0.229. The lowest BCUT2D eigenvalue weighted by Gasteiger charge is -2.39. The summed E-state index contributed by atoms with van der Waals surface area (Å²) < 4.78 is 20.8. The summed E-state index contributed by atoms with van der Waals surface area (Å²) in [6.45, 7) is 5.99. The fourth-order valence-corrected chi connectivity index (χ4v) is 2.59. The number of imidazole rings is 1. The van der Waals surface area contributed by atoms with Gasteiger partial charge in [0.25, 0.3) is 0 Å². The number of ether oxygens (including phenoxy) is 1. The van der Waals surface area contributed by atoms with E-state index >= 15 is 0 Å². The zero-order valence-electron chi connectivity index (χ0n) is 12.2. The quantitative estimate of drug-likeness (QED) is 0.818. The first-order valence-corrected chi connectivity index (χ1v) is 7.33. The topological polar surface area (TPSA) is 30.3 Å². The summed E-state index contributed by atoms with van der Waals surface area (Å²) in [6, 6.07) is 6.22. The van der Waals surface area contributed by atoms with Gasteiger partial charge in [-0.05, 0) is 37.6 Å². The van der Waals surface area contributed by atoms with Crippen LogP contribution in [-0.4, -0.2) is 40.2 Å². The second-order valence-electron chi connectivity index (χ2n) is 5.47. The zero-order chi connectivity index (χ0) is 14.7. The summed E-state index contributed by atoms with van der Waals surface area (Å²) in [6.07, 6.45) is 5.20. The van der Waals surface area contributed by atoms with Gasteiger partial charge in [0.15, 0.2) is 0 Å². The molecule has 112 valence electrons. The number of rotatable bonds is 6. The van der Waals surface area contributed by atoms with Gasteiger partial charge in [-0.2, -0.15) is 0 Å². The SMILES string of the molecule is Cc1nccn1CCCN1CC(Oc2ccc(F)cc2)C1. The highest BCUT2D eigenvalue weighted by atomic mass is 19.1. The van der Waals surface area contributed by atoms with E-state index in [1.165, 1.54) is 12.1 Å². The van der Waals surface area contributed by atoms with Crippen LogP contribution in [0.15, 0.2) is 36.7 Å². The molecule has 1 aromatic heterocycles. The van der Waals surface area contributed by atoms with Crippen molar-refractivity contribution in [3.63, 3.8) is 0 Å². The summed E-state index contributed by atoms with van der Waals surface area (Å²) in [5.74, 6) is 1.58. The monoisotopic (exact) mass is 289 g/mol. The lowest BCUT2D eigenvalue weighted by Crippen LogP contribution is -2.53. The average Bonchev–Trinajstić information content (AvgIpc) is 2.83. The van der Waals surface area contributed by atoms with Gasteiger partial charge in [-0.3, -0.25) is 4.90 Å². The Hall–Kier alpha value is -1.88. The summed E-state index contributed by atoms with van der Waals surface area (Å²) >= 11 is 0. The van der Waals surface area contributed by atoms with Crippen LogP contribution in [0.3, 0.4) is 0 Å². The lowest BCUT2D eigenvalue weighted by atomic mass is 10.1. The third-order valence-electron chi connectivity index (χ3n) is 3.84. The highest BCUT2D eigenvalue weighted by Gasteiger charge is 2.27. The van der Waals surface area contributed by atoms with Crippen LogP contribution in [0.2, 0.25) is 0 Å². The van der Waals surface area contributed by atoms with Crippen LogP contribution < -0.4 is 4.74 Å². The largest absolute Gasteiger partial charge is 0.488 e. The van der Waals surface area contributed by atoms with Crippen molar-refractivity contribution < 1.29 is 9.13 Å². The molecule has 2 aromatic rings. The molecule has 4 nitrogen and oxygen atoms in total. The van der Waals surface area contributed by atoms with Gasteiger partial charge in [0.1, 0.15) is 23.5 Å². The molecule has 0 spiro atoms. The van der Waals surface area contributed by atoms with Gasteiger partial charge in [0, 0.05) is 38.6 Å². The molecule has 3 rings (SSSR count). The summed E-state index contributed by atoms with van der Waals surface area (Å²) in [5.41, 5.74) is 0. The summed E-state index contributed by atoms with van der Waals surface area (Å²) in [7, 11) is 0. The van der Waals surface area contributed by atoms with E-state index in [4.69, 9.17) is 4.74 Å². The van der Waals surface area contributed by atoms with Crippen LogP contribution in [0.4, 0.5) is 4.39 Å². The van der Waals surface area contributed by atoms with Crippen LogP contribution in [0.5, 0.6) is 5.75 Å². The molecule has 0 unspecified atom stereocenters. The number of hydrogen-bond donors (Lipinski definition) is 0. The lowest BCUT2D eigenvalue weighted by molar-refractivity contribution is 0.0187. The Balaban J connectivity index is 1.34. The Bertz CT molecular complexity index is 575. The summed E-state index contributed by atoms with van der Waals surface area (Å²) in [5, 5.41) is 0. The van der Waals surface area contributed by atoms with E-state index in [0.29, 0.717) is 0 Å². The van der Waals surface area contributed by atoms with E-state index in [9.17, 15) is 4.39 Å². The normalized spacial score (nSPS) is 15.9. The molecule has 1 aromatic carbocycles. The van der Waals surface area contributed by atoms with E-state index < -0.39 is 0 Å². The smallest absolute Gasteiger partial charge is 0.124 e. The van der Waals surface area contributed by atoms with E-state index in [-0.39, 0.29) is 11.9 Å². The van der Waals surface area contributed by atoms with Crippen molar-refractivity contribution in [2.45, 2.75) is 26.0 Å². The van der Waals surface area contributed by atoms with Crippen molar-refractivity contribution in [2.75, 3.05) is 19.6 Å². The molecule has 0 amide bonds. The van der Waals surface area contributed by atoms with Gasteiger partial charge in [-0.1, -0.05) is 0 Å². The first kappa shape index (κ1) is 14.1. The number of likely N-dealkylation sites (tertiary alicyclic amines) is 1. The molecule has 0 N–H and O–H groups in total. The third-order valence-corrected chi connectivity index (χ3v) is 3.84. The standard InChI is InChI=1S/C16H20FN3O/c1-13-18-7-10-20(13)9-2-8-19-11-16(12-19)21-15-5-3-14(17)4-6-15/h3-7,10,16H,2,8-9,11-12H2,1H3. The number of nitrogens with zero attached hydrogens (tertiary/aromatic N) is 3. The molecule has 1 fully saturated rings. The van der Waals surface area contributed by atoms with Crippen LogP contribution >= 0.6 is 0 Å². The second-order valence-corrected chi connectivity index (χ2v) is 5.47. The molecule has 5 heteroatoms. The second kappa shape index (κ2) is 6.26. The maximum atomic E-state index is 12.8. The van der Waals surface area contributed by atoms with Crippen molar-refractivity contribution in [3.8, 4) is 5.75 Å². The van der Waals surface area contributed by atoms with Gasteiger partial charge in [-0.25, -0.2) is 9.37 Å². The Kier molecular flexibility index (Phi) is 4.20. The number of hydrogen-bond acceptors (Lipinski definition) is 3. The molecule has 0 atom stereocenters. The first-order valence-electron chi connectivity index (χ1n) is 7.33. The molecule has 0 saturated carbocycles. The number of halogens is 1. The fourth-order valence-electron chi connectivity index (χ4n) is 2.59. The number of aromatic nitrogens is 2. The maximum absolute atomic E-state index is 12.8. The van der Waals surface area contributed by atoms with E-state index in [1.54, 1.807) is 12.1 Å². The molecule has 0 radical (unpaired) electrons. The van der Waals surface area contributed by atoms with Crippen molar-refractivity contribution in [2.24, 2.45) is 0 Å². The Morgan fingerprint density at radius 2 is 2.00 bits per heavy atom. The predicted molar refractivity (Wildman–Crippen MR) is 78.8 cm³/mol. The Morgan fingerprint density at radius 1 is 1.24 bits per heavy atom. The molecule has 0 aliphatic carbocycles. The van der Waals surface area contributed by atoms with Gasteiger partial charge in [0.05, 0.1) is 0 Å². The van der Waals surface area contributed by atoms with Crippen LogP contribution in [-0.2, 0) is 6.54 Å². The number of aryl methyl sites for hydroxylation is 2. The highest BCUT2D eigenvalue weighted by molar-refractivity contribution is 5.22. The Morgan fingerprint density at radius 3 is 2.67 bits per heavy atom.